The fourth-order valence-corrected chi connectivity index (χ4v) is 4.17. The molecule has 2 heterocycles. The minimum atomic E-state index is -0.427. The van der Waals surface area contributed by atoms with Crippen LogP contribution in [0.3, 0.4) is 0 Å². The molecule has 0 bridgehead atoms. The number of carbonyl (C=O) groups is 1. The van der Waals surface area contributed by atoms with Crippen LogP contribution >= 0.6 is 11.6 Å². The number of aliphatic imine (C=N–C) groups is 1. The van der Waals surface area contributed by atoms with E-state index in [0.717, 1.165) is 17.9 Å². The molecule has 7 heteroatoms. The molecule has 6 nitrogen and oxygen atoms in total. The zero-order valence-electron chi connectivity index (χ0n) is 16.5. The molecular formula is C22H25ClN4O2. The van der Waals surface area contributed by atoms with Crippen LogP contribution in [0.4, 0.5) is 5.69 Å². The monoisotopic (exact) mass is 412 g/mol. The van der Waals surface area contributed by atoms with Crippen molar-refractivity contribution < 1.29 is 9.53 Å². The van der Waals surface area contributed by atoms with Crippen LogP contribution < -0.4 is 10.6 Å². The van der Waals surface area contributed by atoms with Crippen molar-refractivity contribution in [3.8, 4) is 0 Å². The third-order valence-corrected chi connectivity index (χ3v) is 5.90. The minimum absolute atomic E-state index is 0.0488. The molecule has 1 spiro atoms. The maximum Gasteiger partial charge on any atom is 0.255 e. The zero-order valence-corrected chi connectivity index (χ0v) is 17.2. The predicted octanol–water partition coefficient (Wildman–Crippen LogP) is 3.18. The van der Waals surface area contributed by atoms with Gasteiger partial charge >= 0.3 is 0 Å². The van der Waals surface area contributed by atoms with Crippen molar-refractivity contribution in [3.05, 3.63) is 64.7 Å². The number of amides is 1. The Morgan fingerprint density at radius 2 is 2.03 bits per heavy atom. The van der Waals surface area contributed by atoms with Gasteiger partial charge in [0.2, 0.25) is 0 Å². The summed E-state index contributed by atoms with van der Waals surface area (Å²) in [7, 11) is 1.67. The van der Waals surface area contributed by atoms with E-state index in [0.29, 0.717) is 43.4 Å². The van der Waals surface area contributed by atoms with Crippen LogP contribution in [0.2, 0.25) is 5.02 Å². The van der Waals surface area contributed by atoms with Gasteiger partial charge in [0.05, 0.1) is 29.3 Å². The fraction of sp³-hybridized carbons (Fsp3) is 0.364. The number of ether oxygens (including phenoxy) is 1. The van der Waals surface area contributed by atoms with Crippen LogP contribution in [0.25, 0.3) is 0 Å². The first-order valence-corrected chi connectivity index (χ1v) is 10.2. The van der Waals surface area contributed by atoms with Gasteiger partial charge in [-0.1, -0.05) is 41.9 Å². The Morgan fingerprint density at radius 3 is 2.86 bits per heavy atom. The Balaban J connectivity index is 1.62. The molecule has 2 aromatic carbocycles. The van der Waals surface area contributed by atoms with Gasteiger partial charge < -0.3 is 15.0 Å². The number of nitrogens with one attached hydrogen (secondary N) is 2. The maximum atomic E-state index is 13.1. The third kappa shape index (κ3) is 4.01. The first-order valence-electron chi connectivity index (χ1n) is 9.80. The number of hydrogen-bond acceptors (Lipinski definition) is 4. The van der Waals surface area contributed by atoms with E-state index in [9.17, 15) is 4.79 Å². The summed E-state index contributed by atoms with van der Waals surface area (Å²) in [5.74, 6) is 0.807. The third-order valence-electron chi connectivity index (χ3n) is 5.57. The second-order valence-corrected chi connectivity index (χ2v) is 7.80. The van der Waals surface area contributed by atoms with Crippen LogP contribution in [-0.2, 0) is 11.3 Å². The van der Waals surface area contributed by atoms with Crippen LogP contribution in [0, 0.1) is 0 Å². The Hall–Kier alpha value is -2.41. The highest BCUT2D eigenvalue weighted by molar-refractivity contribution is 6.33. The number of nitrogens with zero attached hydrogens (tertiary/aromatic N) is 2. The van der Waals surface area contributed by atoms with Gasteiger partial charge in [0.15, 0.2) is 0 Å². The molecule has 152 valence electrons. The van der Waals surface area contributed by atoms with Gasteiger partial charge in [-0.25, -0.2) is 0 Å². The van der Waals surface area contributed by atoms with Crippen molar-refractivity contribution in [3.63, 3.8) is 0 Å². The van der Waals surface area contributed by atoms with E-state index in [-0.39, 0.29) is 5.91 Å². The lowest BCUT2D eigenvalue weighted by Gasteiger charge is -2.30. The number of halogens is 1. The number of para-hydroxylation sites is 1. The number of hydrogen-bond donors (Lipinski definition) is 2. The van der Waals surface area contributed by atoms with E-state index in [2.05, 4.69) is 22.8 Å². The van der Waals surface area contributed by atoms with Crippen molar-refractivity contribution in [2.45, 2.75) is 18.5 Å². The van der Waals surface area contributed by atoms with Crippen LogP contribution in [0.15, 0.2) is 53.5 Å². The summed E-state index contributed by atoms with van der Waals surface area (Å²) in [5, 5.41) is 7.69. The summed E-state index contributed by atoms with van der Waals surface area (Å²) in [6.45, 7) is 2.98. The molecule has 29 heavy (non-hydrogen) atoms. The molecular weight excluding hydrogens is 388 g/mol. The lowest BCUT2D eigenvalue weighted by Crippen LogP contribution is -2.55. The molecule has 1 atom stereocenters. The normalized spacial score (nSPS) is 22.4. The van der Waals surface area contributed by atoms with E-state index >= 15 is 0 Å². The van der Waals surface area contributed by atoms with Gasteiger partial charge in [0.1, 0.15) is 5.84 Å². The Bertz CT molecular complexity index is 933. The molecule has 0 aromatic heterocycles. The summed E-state index contributed by atoms with van der Waals surface area (Å²) >= 11 is 6.26. The first kappa shape index (κ1) is 19.9. The van der Waals surface area contributed by atoms with Gasteiger partial charge in [-0.15, -0.1) is 0 Å². The Labute approximate surface area is 175 Å². The molecule has 1 saturated heterocycles. The lowest BCUT2D eigenvalue weighted by atomic mass is 9.96. The van der Waals surface area contributed by atoms with Crippen molar-refractivity contribution in [1.82, 2.24) is 10.2 Å². The van der Waals surface area contributed by atoms with E-state index < -0.39 is 5.54 Å². The lowest BCUT2D eigenvalue weighted by molar-refractivity contribution is 0.0786. The molecule has 1 amide bonds. The predicted molar refractivity (Wildman–Crippen MR) is 116 cm³/mol. The molecule has 2 aliphatic heterocycles. The SMILES string of the molecule is COCCN=C1Nc2ccccc2CN[C@]12CCN(C(=O)c1ccccc1Cl)C2. The maximum absolute atomic E-state index is 13.1. The molecule has 0 unspecified atom stereocenters. The average Bonchev–Trinajstić information content (AvgIpc) is 3.11. The molecule has 2 aromatic rings. The smallest absolute Gasteiger partial charge is 0.255 e. The van der Waals surface area contributed by atoms with Gasteiger partial charge in [0, 0.05) is 32.4 Å². The number of benzene rings is 2. The molecule has 0 saturated carbocycles. The average molecular weight is 413 g/mol. The summed E-state index contributed by atoms with van der Waals surface area (Å²) < 4.78 is 5.18. The Morgan fingerprint density at radius 1 is 1.24 bits per heavy atom. The number of likely N-dealkylation sites (tertiary alicyclic amines) is 1. The van der Waals surface area contributed by atoms with Gasteiger partial charge in [0.25, 0.3) is 5.91 Å². The highest BCUT2D eigenvalue weighted by Gasteiger charge is 2.45. The number of anilines is 1. The number of rotatable bonds is 4. The summed E-state index contributed by atoms with van der Waals surface area (Å²) in [6.07, 6.45) is 0.774. The quantitative estimate of drug-likeness (QED) is 0.757. The van der Waals surface area contributed by atoms with Crippen molar-refractivity contribution in [1.29, 1.82) is 0 Å². The second-order valence-electron chi connectivity index (χ2n) is 7.40. The molecule has 1 fully saturated rings. The zero-order chi connectivity index (χ0) is 20.3. The summed E-state index contributed by atoms with van der Waals surface area (Å²) in [6, 6.07) is 15.4. The minimum Gasteiger partial charge on any atom is -0.383 e. The van der Waals surface area contributed by atoms with Crippen LogP contribution in [-0.4, -0.2) is 55.5 Å². The van der Waals surface area contributed by atoms with Crippen molar-refractivity contribution >= 4 is 29.0 Å². The van der Waals surface area contributed by atoms with E-state index in [1.165, 1.54) is 5.56 Å². The number of carbonyl (C=O) groups excluding carboxylic acids is 1. The number of amidine groups is 1. The number of fused-ring (bicyclic) bond motifs is 1. The molecule has 2 aliphatic rings. The van der Waals surface area contributed by atoms with Crippen molar-refractivity contribution in [2.24, 2.45) is 4.99 Å². The number of methoxy groups -OCH3 is 1. The van der Waals surface area contributed by atoms with Crippen LogP contribution in [0.5, 0.6) is 0 Å². The molecule has 2 N–H and O–H groups in total. The van der Waals surface area contributed by atoms with Crippen LogP contribution in [0.1, 0.15) is 22.3 Å². The van der Waals surface area contributed by atoms with Gasteiger partial charge in [-0.05, 0) is 30.2 Å². The summed E-state index contributed by atoms with van der Waals surface area (Å²) in [5.41, 5.74) is 2.33. The fourth-order valence-electron chi connectivity index (χ4n) is 3.96. The molecule has 0 aliphatic carbocycles. The largest absolute Gasteiger partial charge is 0.383 e. The molecule has 4 rings (SSSR count). The Kier molecular flexibility index (Phi) is 5.85. The molecule has 0 radical (unpaired) electrons. The van der Waals surface area contributed by atoms with Gasteiger partial charge in [-0.3, -0.25) is 15.1 Å². The van der Waals surface area contributed by atoms with E-state index in [4.69, 9.17) is 21.3 Å². The van der Waals surface area contributed by atoms with E-state index in [1.807, 2.05) is 29.2 Å². The van der Waals surface area contributed by atoms with Crippen molar-refractivity contribution in [2.75, 3.05) is 38.7 Å². The first-order chi connectivity index (χ1) is 14.1. The van der Waals surface area contributed by atoms with E-state index in [1.54, 1.807) is 19.2 Å². The highest BCUT2D eigenvalue weighted by atomic mass is 35.5. The standard InChI is InChI=1S/C22H25ClN4O2/c1-29-13-11-24-21-22(25-14-16-6-2-5-9-19(16)26-21)10-12-27(15-22)20(28)17-7-3-4-8-18(17)23/h2-9,25H,10-15H2,1H3,(H,24,26)/t22-/m0/s1. The second kappa shape index (κ2) is 8.53. The topological polar surface area (TPSA) is 66.0 Å². The van der Waals surface area contributed by atoms with Gasteiger partial charge in [-0.2, -0.15) is 0 Å². The highest BCUT2D eigenvalue weighted by Crippen LogP contribution is 2.31. The summed E-state index contributed by atoms with van der Waals surface area (Å²) in [4.78, 5) is 19.8.